The van der Waals surface area contributed by atoms with E-state index in [1.165, 1.54) is 20.9 Å². The summed E-state index contributed by atoms with van der Waals surface area (Å²) < 4.78 is 0. The van der Waals surface area contributed by atoms with Crippen LogP contribution in [0.2, 0.25) is 0 Å². The molecule has 3 rings (SSSR count). The van der Waals surface area contributed by atoms with Crippen molar-refractivity contribution in [1.29, 1.82) is 0 Å². The second-order valence-corrected chi connectivity index (χ2v) is 8.52. The van der Waals surface area contributed by atoms with Crippen LogP contribution in [0, 0.1) is 6.92 Å². The molecule has 144 valence electrons. The maximum Gasteiger partial charge on any atom is 0.275 e. The second-order valence-electron chi connectivity index (χ2n) is 7.35. The molecule has 0 atom stereocenters. The Kier molecular flexibility index (Phi) is 7.75. The molecular weight excluding hydrogens is 354 g/mol. The maximum absolute atomic E-state index is 12.2. The summed E-state index contributed by atoms with van der Waals surface area (Å²) in [6, 6.07) is 19.2. The quantitative estimate of drug-likeness (QED) is 0.448. The highest BCUT2D eigenvalue weighted by molar-refractivity contribution is 7.99. The van der Waals surface area contributed by atoms with Crippen LogP contribution in [0.25, 0.3) is 0 Å². The zero-order valence-electron chi connectivity index (χ0n) is 16.2. The van der Waals surface area contributed by atoms with Gasteiger partial charge in [0.05, 0.1) is 0 Å². The van der Waals surface area contributed by atoms with Crippen molar-refractivity contribution in [1.82, 2.24) is 5.32 Å². The van der Waals surface area contributed by atoms with E-state index in [0.29, 0.717) is 6.54 Å². The van der Waals surface area contributed by atoms with Crippen LogP contribution in [-0.4, -0.2) is 50.9 Å². The van der Waals surface area contributed by atoms with E-state index < -0.39 is 0 Å². The molecule has 4 nitrogen and oxygen atoms in total. The largest absolute Gasteiger partial charge is 0.350 e. The first-order valence-corrected chi connectivity index (χ1v) is 10.8. The van der Waals surface area contributed by atoms with Gasteiger partial charge in [0.2, 0.25) is 0 Å². The van der Waals surface area contributed by atoms with Crippen LogP contribution in [0.3, 0.4) is 0 Å². The molecule has 27 heavy (non-hydrogen) atoms. The van der Waals surface area contributed by atoms with E-state index >= 15 is 0 Å². The number of amides is 1. The van der Waals surface area contributed by atoms with E-state index in [1.807, 2.05) is 0 Å². The third-order valence-electron chi connectivity index (χ3n) is 5.09. The highest BCUT2D eigenvalue weighted by Crippen LogP contribution is 2.17. The van der Waals surface area contributed by atoms with Gasteiger partial charge in [-0.1, -0.05) is 48.0 Å². The maximum atomic E-state index is 12.2. The number of hydrogen-bond acceptors (Lipinski definition) is 2. The van der Waals surface area contributed by atoms with E-state index in [4.69, 9.17) is 0 Å². The Hall–Kier alpha value is -1.82. The molecule has 0 radical (unpaired) electrons. The molecule has 1 amide bonds. The summed E-state index contributed by atoms with van der Waals surface area (Å²) in [6.45, 7) is 8.96. The minimum atomic E-state index is 0.181. The highest BCUT2D eigenvalue weighted by atomic mass is 32.2. The summed E-state index contributed by atoms with van der Waals surface area (Å²) in [5.74, 6) is 1.10. The number of rotatable bonds is 8. The minimum Gasteiger partial charge on any atom is -0.350 e. The minimum absolute atomic E-state index is 0.181. The molecule has 1 aliphatic rings. The van der Waals surface area contributed by atoms with E-state index in [9.17, 15) is 4.79 Å². The molecular formula is C22H31N3OS+2. The molecule has 0 saturated carbocycles. The van der Waals surface area contributed by atoms with Gasteiger partial charge in [-0.05, 0) is 19.1 Å². The van der Waals surface area contributed by atoms with Gasteiger partial charge in [-0.15, -0.1) is 11.8 Å². The molecule has 1 fully saturated rings. The topological polar surface area (TPSA) is 38.0 Å². The Morgan fingerprint density at radius 1 is 0.963 bits per heavy atom. The summed E-state index contributed by atoms with van der Waals surface area (Å²) in [5, 5.41) is 3.08. The van der Waals surface area contributed by atoms with Gasteiger partial charge in [-0.2, -0.15) is 0 Å². The fourth-order valence-electron chi connectivity index (χ4n) is 3.48. The third kappa shape index (κ3) is 7.01. The number of carbonyl (C=O) groups is 1. The Bertz CT molecular complexity index is 697. The fraction of sp³-hybridized carbons (Fsp3) is 0.409. The molecule has 2 aromatic carbocycles. The van der Waals surface area contributed by atoms with Gasteiger partial charge in [0, 0.05) is 22.8 Å². The molecule has 0 unspecified atom stereocenters. The Morgan fingerprint density at radius 3 is 2.33 bits per heavy atom. The smallest absolute Gasteiger partial charge is 0.275 e. The summed E-state index contributed by atoms with van der Waals surface area (Å²) in [4.78, 5) is 16.5. The average Bonchev–Trinajstić information content (AvgIpc) is 2.69. The first-order chi connectivity index (χ1) is 13.2. The number of carbonyl (C=O) groups excluding carboxylic acids is 1. The SMILES string of the molecule is Cc1ccc(SCCNC(=O)C[NH+]2CC[NH+](Cc3ccccc3)CC2)cc1. The van der Waals surface area contributed by atoms with Gasteiger partial charge in [-0.25, -0.2) is 0 Å². The zero-order chi connectivity index (χ0) is 18.9. The summed E-state index contributed by atoms with van der Waals surface area (Å²) in [7, 11) is 0. The van der Waals surface area contributed by atoms with Crippen LogP contribution in [0.15, 0.2) is 59.5 Å². The van der Waals surface area contributed by atoms with E-state index in [-0.39, 0.29) is 5.91 Å². The van der Waals surface area contributed by atoms with Crippen molar-refractivity contribution in [2.45, 2.75) is 18.4 Å². The molecule has 0 spiro atoms. The molecule has 3 N–H and O–H groups in total. The first kappa shape index (κ1) is 19.9. The lowest BCUT2D eigenvalue weighted by Crippen LogP contribution is -3.28. The molecule has 0 bridgehead atoms. The van der Waals surface area contributed by atoms with Crippen LogP contribution in [-0.2, 0) is 11.3 Å². The molecule has 5 heteroatoms. The number of aryl methyl sites for hydroxylation is 1. The predicted molar refractivity (Wildman–Crippen MR) is 111 cm³/mol. The number of benzene rings is 2. The van der Waals surface area contributed by atoms with Gasteiger partial charge in [0.25, 0.3) is 5.91 Å². The Balaban J connectivity index is 1.28. The normalized spacial score (nSPS) is 19.6. The first-order valence-electron chi connectivity index (χ1n) is 9.86. The molecule has 1 saturated heterocycles. The van der Waals surface area contributed by atoms with Crippen molar-refractivity contribution in [3.8, 4) is 0 Å². The van der Waals surface area contributed by atoms with Crippen LogP contribution in [0.5, 0.6) is 0 Å². The van der Waals surface area contributed by atoms with Crippen molar-refractivity contribution in [3.05, 3.63) is 65.7 Å². The predicted octanol–water partition coefficient (Wildman–Crippen LogP) is 0.187. The molecule has 0 aliphatic carbocycles. The van der Waals surface area contributed by atoms with E-state index in [2.05, 4.69) is 66.8 Å². The molecule has 2 aromatic rings. The summed E-state index contributed by atoms with van der Waals surface area (Å²) in [5.41, 5.74) is 2.68. The van der Waals surface area contributed by atoms with Crippen molar-refractivity contribution in [2.75, 3.05) is 45.0 Å². The number of nitrogens with one attached hydrogen (secondary N) is 3. The summed E-state index contributed by atoms with van der Waals surface area (Å²) in [6.07, 6.45) is 0. The van der Waals surface area contributed by atoms with Crippen molar-refractivity contribution < 1.29 is 14.6 Å². The number of thioether (sulfide) groups is 1. The van der Waals surface area contributed by atoms with Gasteiger partial charge in [-0.3, -0.25) is 4.79 Å². The highest BCUT2D eigenvalue weighted by Gasteiger charge is 2.24. The second kappa shape index (κ2) is 10.5. The molecule has 1 aliphatic heterocycles. The zero-order valence-corrected chi connectivity index (χ0v) is 17.0. The van der Waals surface area contributed by atoms with Crippen LogP contribution in [0.4, 0.5) is 0 Å². The number of quaternary nitrogens is 2. The lowest BCUT2D eigenvalue weighted by Gasteiger charge is -2.29. The van der Waals surface area contributed by atoms with E-state index in [1.54, 1.807) is 16.7 Å². The van der Waals surface area contributed by atoms with Gasteiger partial charge in [0.15, 0.2) is 6.54 Å². The standard InChI is InChI=1S/C22H29N3OS/c1-19-7-9-21(10-8-19)27-16-11-23-22(26)18-25-14-12-24(13-15-25)17-20-5-3-2-4-6-20/h2-10H,11-18H2,1H3,(H,23,26)/p+2. The van der Waals surface area contributed by atoms with Gasteiger partial charge >= 0.3 is 0 Å². The van der Waals surface area contributed by atoms with Crippen molar-refractivity contribution >= 4 is 17.7 Å². The summed E-state index contributed by atoms with van der Waals surface area (Å²) >= 11 is 1.79. The Morgan fingerprint density at radius 2 is 1.63 bits per heavy atom. The number of piperazine rings is 1. The third-order valence-corrected chi connectivity index (χ3v) is 6.10. The monoisotopic (exact) mass is 385 g/mol. The van der Waals surface area contributed by atoms with Gasteiger partial charge in [0.1, 0.15) is 32.7 Å². The van der Waals surface area contributed by atoms with Crippen molar-refractivity contribution in [3.63, 3.8) is 0 Å². The van der Waals surface area contributed by atoms with Crippen molar-refractivity contribution in [2.24, 2.45) is 0 Å². The Labute approximate surface area is 166 Å². The average molecular weight is 386 g/mol. The van der Waals surface area contributed by atoms with Crippen LogP contribution < -0.4 is 15.1 Å². The van der Waals surface area contributed by atoms with Crippen LogP contribution in [0.1, 0.15) is 11.1 Å². The lowest BCUT2D eigenvalue weighted by atomic mass is 10.2. The van der Waals surface area contributed by atoms with E-state index in [0.717, 1.165) is 45.0 Å². The van der Waals surface area contributed by atoms with Gasteiger partial charge < -0.3 is 15.1 Å². The fourth-order valence-corrected chi connectivity index (χ4v) is 4.25. The number of hydrogen-bond donors (Lipinski definition) is 3. The molecule has 1 heterocycles. The molecule has 0 aromatic heterocycles. The lowest BCUT2D eigenvalue weighted by molar-refractivity contribution is -1.02. The van der Waals surface area contributed by atoms with Crippen LogP contribution >= 0.6 is 11.8 Å².